The SMILES string of the molecule is COc1ccccc1Oc1ccc(C#N)cc1CC(=O)Cc1nccs1. The van der Waals surface area contributed by atoms with Crippen molar-refractivity contribution in [2.75, 3.05) is 7.11 Å². The average molecular weight is 364 g/mol. The summed E-state index contributed by atoms with van der Waals surface area (Å²) in [5, 5.41) is 11.8. The summed E-state index contributed by atoms with van der Waals surface area (Å²) in [6.45, 7) is 0. The molecule has 0 fully saturated rings. The predicted octanol–water partition coefficient (Wildman–Crippen LogP) is 4.17. The molecular weight excluding hydrogens is 348 g/mol. The van der Waals surface area contributed by atoms with Crippen LogP contribution in [0.25, 0.3) is 0 Å². The number of para-hydroxylation sites is 2. The van der Waals surface area contributed by atoms with Crippen LogP contribution in [0, 0.1) is 11.3 Å². The second-order valence-electron chi connectivity index (χ2n) is 5.51. The molecule has 0 unspecified atom stereocenters. The number of thiazole rings is 1. The number of ether oxygens (including phenoxy) is 2. The number of nitrogens with zero attached hydrogens (tertiary/aromatic N) is 2. The Balaban J connectivity index is 1.85. The number of Topliss-reactive ketones (excluding diaryl/α,β-unsaturated/α-hetero) is 1. The highest BCUT2D eigenvalue weighted by Crippen LogP contribution is 2.33. The lowest BCUT2D eigenvalue weighted by Crippen LogP contribution is -2.07. The molecule has 5 nitrogen and oxygen atoms in total. The number of carbonyl (C=O) groups excluding carboxylic acids is 1. The number of hydrogen-bond donors (Lipinski definition) is 0. The van der Waals surface area contributed by atoms with Crippen molar-refractivity contribution in [3.05, 3.63) is 70.2 Å². The number of rotatable bonds is 7. The first-order valence-corrected chi connectivity index (χ1v) is 8.81. The molecular formula is C20H16N2O3S. The van der Waals surface area contributed by atoms with Gasteiger partial charge in [0.1, 0.15) is 11.5 Å². The molecule has 0 saturated carbocycles. The highest BCUT2D eigenvalue weighted by molar-refractivity contribution is 7.09. The quantitative estimate of drug-likeness (QED) is 0.629. The van der Waals surface area contributed by atoms with Crippen LogP contribution < -0.4 is 9.47 Å². The van der Waals surface area contributed by atoms with Gasteiger partial charge in [-0.05, 0) is 30.3 Å². The molecule has 26 heavy (non-hydrogen) atoms. The van der Waals surface area contributed by atoms with Gasteiger partial charge in [-0.2, -0.15) is 5.26 Å². The van der Waals surface area contributed by atoms with Gasteiger partial charge in [-0.1, -0.05) is 12.1 Å². The number of nitriles is 1. The molecule has 0 aliphatic heterocycles. The van der Waals surface area contributed by atoms with Gasteiger partial charge < -0.3 is 9.47 Å². The van der Waals surface area contributed by atoms with E-state index in [-0.39, 0.29) is 18.6 Å². The van der Waals surface area contributed by atoms with Crippen LogP contribution in [0.1, 0.15) is 16.1 Å². The van der Waals surface area contributed by atoms with E-state index in [9.17, 15) is 4.79 Å². The van der Waals surface area contributed by atoms with Crippen molar-refractivity contribution in [2.45, 2.75) is 12.8 Å². The Kier molecular flexibility index (Phi) is 5.62. The van der Waals surface area contributed by atoms with Crippen LogP contribution in [0.3, 0.4) is 0 Å². The van der Waals surface area contributed by atoms with Crippen molar-refractivity contribution >= 4 is 17.1 Å². The Morgan fingerprint density at radius 3 is 2.65 bits per heavy atom. The Morgan fingerprint density at radius 1 is 1.15 bits per heavy atom. The fourth-order valence-corrected chi connectivity index (χ4v) is 3.14. The summed E-state index contributed by atoms with van der Waals surface area (Å²) in [6, 6.07) is 14.4. The molecule has 3 aromatic rings. The summed E-state index contributed by atoms with van der Waals surface area (Å²) >= 11 is 1.45. The molecule has 0 radical (unpaired) electrons. The maximum atomic E-state index is 12.4. The van der Waals surface area contributed by atoms with Crippen LogP contribution in [0.4, 0.5) is 0 Å². The minimum absolute atomic E-state index is 0.0138. The fourth-order valence-electron chi connectivity index (χ4n) is 2.49. The van der Waals surface area contributed by atoms with E-state index in [2.05, 4.69) is 11.1 Å². The molecule has 0 aliphatic carbocycles. The maximum Gasteiger partial charge on any atom is 0.169 e. The smallest absolute Gasteiger partial charge is 0.169 e. The topological polar surface area (TPSA) is 72.2 Å². The summed E-state index contributed by atoms with van der Waals surface area (Å²) in [5.74, 6) is 1.69. The highest BCUT2D eigenvalue weighted by Gasteiger charge is 2.14. The first-order chi connectivity index (χ1) is 12.7. The van der Waals surface area contributed by atoms with Crippen LogP contribution in [0.2, 0.25) is 0 Å². The van der Waals surface area contributed by atoms with E-state index >= 15 is 0 Å². The number of methoxy groups -OCH3 is 1. The molecule has 0 saturated heterocycles. The van der Waals surface area contributed by atoms with E-state index < -0.39 is 0 Å². The van der Waals surface area contributed by atoms with Gasteiger partial charge >= 0.3 is 0 Å². The molecule has 0 atom stereocenters. The number of carbonyl (C=O) groups is 1. The lowest BCUT2D eigenvalue weighted by atomic mass is 10.0. The van der Waals surface area contributed by atoms with E-state index in [0.717, 1.165) is 5.01 Å². The van der Waals surface area contributed by atoms with Crippen LogP contribution in [0.15, 0.2) is 54.0 Å². The van der Waals surface area contributed by atoms with Crippen LogP contribution in [0.5, 0.6) is 17.2 Å². The second kappa shape index (κ2) is 8.28. The summed E-state index contributed by atoms with van der Waals surface area (Å²) < 4.78 is 11.3. The minimum atomic E-state index is 0.0138. The molecule has 3 rings (SSSR count). The van der Waals surface area contributed by atoms with Crippen molar-refractivity contribution in [1.29, 1.82) is 5.26 Å². The van der Waals surface area contributed by atoms with Gasteiger partial charge in [-0.25, -0.2) is 4.98 Å². The van der Waals surface area contributed by atoms with Gasteiger partial charge in [-0.3, -0.25) is 4.79 Å². The number of hydrogen-bond acceptors (Lipinski definition) is 6. The van der Waals surface area contributed by atoms with Gasteiger partial charge in [0, 0.05) is 23.6 Å². The van der Waals surface area contributed by atoms with Gasteiger partial charge in [0.15, 0.2) is 11.5 Å². The fraction of sp³-hybridized carbons (Fsp3) is 0.150. The molecule has 1 aromatic heterocycles. The van der Waals surface area contributed by atoms with Crippen molar-refractivity contribution in [1.82, 2.24) is 4.98 Å². The number of ketones is 1. The zero-order valence-corrected chi connectivity index (χ0v) is 15.0. The normalized spacial score (nSPS) is 10.2. The van der Waals surface area contributed by atoms with E-state index in [4.69, 9.17) is 14.7 Å². The number of benzene rings is 2. The van der Waals surface area contributed by atoms with Crippen LogP contribution in [-0.2, 0) is 17.6 Å². The van der Waals surface area contributed by atoms with Gasteiger partial charge in [0.2, 0.25) is 0 Å². The van der Waals surface area contributed by atoms with Crippen molar-refractivity contribution in [3.63, 3.8) is 0 Å². The molecule has 1 heterocycles. The lowest BCUT2D eigenvalue weighted by molar-refractivity contribution is -0.117. The molecule has 6 heteroatoms. The molecule has 0 N–H and O–H groups in total. The van der Waals surface area contributed by atoms with Crippen molar-refractivity contribution < 1.29 is 14.3 Å². The minimum Gasteiger partial charge on any atom is -0.493 e. The standard InChI is InChI=1S/C20H16N2O3S/c1-24-18-4-2-3-5-19(18)25-17-7-6-14(13-21)10-15(17)11-16(23)12-20-22-8-9-26-20/h2-10H,11-12H2,1H3. The second-order valence-corrected chi connectivity index (χ2v) is 6.48. The van der Waals surface area contributed by atoms with E-state index in [1.165, 1.54) is 11.3 Å². The first kappa shape index (κ1) is 17.6. The Labute approximate surface area is 155 Å². The summed E-state index contributed by atoms with van der Waals surface area (Å²) in [7, 11) is 1.57. The van der Waals surface area contributed by atoms with Gasteiger partial charge in [-0.15, -0.1) is 11.3 Å². The maximum absolute atomic E-state index is 12.4. The molecule has 0 aliphatic rings. The summed E-state index contributed by atoms with van der Waals surface area (Å²) in [5.41, 5.74) is 1.14. The largest absolute Gasteiger partial charge is 0.493 e. The summed E-state index contributed by atoms with van der Waals surface area (Å²) in [4.78, 5) is 16.6. The third-order valence-electron chi connectivity index (χ3n) is 3.70. The van der Waals surface area contributed by atoms with Crippen molar-refractivity contribution in [3.8, 4) is 23.3 Å². The lowest BCUT2D eigenvalue weighted by Gasteiger charge is -2.13. The molecule has 0 spiro atoms. The third-order valence-corrected chi connectivity index (χ3v) is 4.48. The zero-order valence-electron chi connectivity index (χ0n) is 14.1. The van der Waals surface area contributed by atoms with Crippen molar-refractivity contribution in [2.24, 2.45) is 0 Å². The van der Waals surface area contributed by atoms with Gasteiger partial charge in [0.25, 0.3) is 0 Å². The monoisotopic (exact) mass is 364 g/mol. The van der Waals surface area contributed by atoms with Crippen LogP contribution in [-0.4, -0.2) is 17.9 Å². The molecule has 0 bridgehead atoms. The van der Waals surface area contributed by atoms with E-state index in [0.29, 0.717) is 28.4 Å². The Bertz CT molecular complexity index is 946. The van der Waals surface area contributed by atoms with E-state index in [1.54, 1.807) is 43.6 Å². The molecule has 0 amide bonds. The van der Waals surface area contributed by atoms with Crippen LogP contribution >= 0.6 is 11.3 Å². The Hall–Kier alpha value is -3.17. The first-order valence-electron chi connectivity index (χ1n) is 7.93. The third kappa shape index (κ3) is 4.26. The van der Waals surface area contributed by atoms with Gasteiger partial charge in [0.05, 0.1) is 30.2 Å². The zero-order chi connectivity index (χ0) is 18.4. The molecule has 2 aromatic carbocycles. The predicted molar refractivity (Wildman–Crippen MR) is 98.8 cm³/mol. The Morgan fingerprint density at radius 2 is 1.96 bits per heavy atom. The summed E-state index contributed by atoms with van der Waals surface area (Å²) in [6.07, 6.45) is 2.11. The average Bonchev–Trinajstić information content (AvgIpc) is 3.16. The molecule has 130 valence electrons. The number of aromatic nitrogens is 1. The van der Waals surface area contributed by atoms with E-state index in [1.807, 2.05) is 17.5 Å². The highest BCUT2D eigenvalue weighted by atomic mass is 32.1.